The van der Waals surface area contributed by atoms with Gasteiger partial charge >= 0.3 is 0 Å². The fraction of sp³-hybridized carbons (Fsp3) is 1.00. The molecule has 3 heteroatoms. The summed E-state index contributed by atoms with van der Waals surface area (Å²) >= 11 is -1.84. The van der Waals surface area contributed by atoms with Gasteiger partial charge in [-0.2, -0.15) is 0 Å². The zero-order valence-corrected chi connectivity index (χ0v) is 5.66. The Morgan fingerprint density at radius 1 is 1.62 bits per heavy atom. The van der Waals surface area contributed by atoms with E-state index >= 15 is 0 Å². The minimum Gasteiger partial charge on any atom is -0.772 e. The van der Waals surface area contributed by atoms with Crippen LogP contribution in [-0.4, -0.2) is 13.5 Å². The smallest absolute Gasteiger partial charge is 0.0299 e. The molecule has 0 aromatic carbocycles. The zero-order chi connectivity index (χ0) is 6.20. The summed E-state index contributed by atoms with van der Waals surface area (Å²) in [5.74, 6) is 0. The van der Waals surface area contributed by atoms with Crippen molar-refractivity contribution in [2.24, 2.45) is 0 Å². The van der Waals surface area contributed by atoms with Crippen LogP contribution in [0.15, 0.2) is 0 Å². The van der Waals surface area contributed by atoms with Crippen LogP contribution >= 0.6 is 0 Å². The first-order valence-electron chi connectivity index (χ1n) is 2.74. The lowest BCUT2D eigenvalue weighted by Gasteiger charge is -2.39. The van der Waals surface area contributed by atoms with Gasteiger partial charge in [-0.15, -0.1) is 0 Å². The normalized spacial score (nSPS) is 28.8. The zero-order valence-electron chi connectivity index (χ0n) is 4.85. The number of hydrogen-bond acceptors (Lipinski definition) is 2. The van der Waals surface area contributed by atoms with Crippen LogP contribution in [0.25, 0.3) is 0 Å². The maximum absolute atomic E-state index is 10.3. The average molecular weight is 133 g/mol. The lowest BCUT2D eigenvalue weighted by atomic mass is 9.86. The molecule has 1 rings (SSSR count). The van der Waals surface area contributed by atoms with E-state index < -0.39 is 11.1 Å². The van der Waals surface area contributed by atoms with Crippen LogP contribution in [0, 0.1) is 0 Å². The Bertz CT molecular complexity index is 118. The first-order valence-corrected chi connectivity index (χ1v) is 3.82. The largest absolute Gasteiger partial charge is 0.772 e. The number of rotatable bonds is 1. The second-order valence-electron chi connectivity index (χ2n) is 2.54. The van der Waals surface area contributed by atoms with Crippen molar-refractivity contribution in [3.63, 3.8) is 0 Å². The maximum Gasteiger partial charge on any atom is 0.0299 e. The molecule has 1 aliphatic rings. The van der Waals surface area contributed by atoms with Gasteiger partial charge in [-0.05, 0) is 30.8 Å². The summed E-state index contributed by atoms with van der Waals surface area (Å²) in [7, 11) is 0. The molecule has 1 saturated carbocycles. The van der Waals surface area contributed by atoms with Crippen LogP contribution in [0.3, 0.4) is 0 Å². The third-order valence-corrected chi connectivity index (χ3v) is 3.03. The van der Waals surface area contributed by atoms with E-state index in [0.29, 0.717) is 0 Å². The van der Waals surface area contributed by atoms with Crippen molar-refractivity contribution < 1.29 is 8.76 Å². The van der Waals surface area contributed by atoms with Crippen LogP contribution in [-0.2, 0) is 11.1 Å². The molecule has 1 atom stereocenters. The van der Waals surface area contributed by atoms with Gasteiger partial charge in [0.1, 0.15) is 0 Å². The molecule has 0 spiro atoms. The highest BCUT2D eigenvalue weighted by molar-refractivity contribution is 7.80. The Labute approximate surface area is 51.6 Å². The van der Waals surface area contributed by atoms with Crippen molar-refractivity contribution in [2.45, 2.75) is 30.9 Å². The van der Waals surface area contributed by atoms with Crippen LogP contribution in [0.2, 0.25) is 0 Å². The summed E-state index contributed by atoms with van der Waals surface area (Å²) in [5.41, 5.74) is 0. The van der Waals surface area contributed by atoms with E-state index in [-0.39, 0.29) is 4.75 Å². The molecule has 0 bridgehead atoms. The van der Waals surface area contributed by atoms with Gasteiger partial charge < -0.3 is 4.55 Å². The predicted octanol–water partition coefficient (Wildman–Crippen LogP) is 0.808. The minimum absolute atomic E-state index is 0.361. The fourth-order valence-electron chi connectivity index (χ4n) is 0.841. The molecule has 0 heterocycles. The molecule has 0 N–H and O–H groups in total. The number of hydrogen-bond donors (Lipinski definition) is 0. The van der Waals surface area contributed by atoms with Gasteiger partial charge in [0, 0.05) is 4.75 Å². The standard InChI is InChI=1S/C5H10O2S/c1-5(8(6)7)3-2-4-5/h2-4H2,1H3,(H,6,7)/p-1. The molecule has 0 amide bonds. The topological polar surface area (TPSA) is 40.1 Å². The lowest BCUT2D eigenvalue weighted by Crippen LogP contribution is -2.37. The SMILES string of the molecule is CC1(S(=O)[O-])CCC1. The summed E-state index contributed by atoms with van der Waals surface area (Å²) in [6.45, 7) is 1.79. The molecule has 0 aromatic heterocycles. The summed E-state index contributed by atoms with van der Waals surface area (Å²) in [6, 6.07) is 0. The predicted molar refractivity (Wildman–Crippen MR) is 31.2 cm³/mol. The van der Waals surface area contributed by atoms with Crippen molar-refractivity contribution in [1.29, 1.82) is 0 Å². The molecule has 0 aliphatic heterocycles. The highest BCUT2D eigenvalue weighted by Gasteiger charge is 2.32. The van der Waals surface area contributed by atoms with Crippen molar-refractivity contribution in [2.75, 3.05) is 0 Å². The summed E-state index contributed by atoms with van der Waals surface area (Å²) < 4.78 is 20.2. The highest BCUT2D eigenvalue weighted by atomic mass is 32.2. The first-order chi connectivity index (χ1) is 3.65. The average Bonchev–Trinajstić information content (AvgIpc) is 1.60. The third-order valence-electron chi connectivity index (χ3n) is 1.81. The molecule has 8 heavy (non-hydrogen) atoms. The van der Waals surface area contributed by atoms with Gasteiger partial charge in [0.05, 0.1) is 0 Å². The monoisotopic (exact) mass is 133 g/mol. The second-order valence-corrected chi connectivity index (χ2v) is 3.99. The molecule has 1 unspecified atom stereocenters. The lowest BCUT2D eigenvalue weighted by molar-refractivity contribution is 0.350. The fourth-order valence-corrected chi connectivity index (χ4v) is 1.46. The Morgan fingerprint density at radius 3 is 2.12 bits per heavy atom. The Balaban J connectivity index is 2.53. The summed E-state index contributed by atoms with van der Waals surface area (Å²) in [5, 5.41) is 0. The first kappa shape index (κ1) is 6.23. The summed E-state index contributed by atoms with van der Waals surface area (Å²) in [4.78, 5) is 0. The van der Waals surface area contributed by atoms with E-state index in [4.69, 9.17) is 0 Å². The molecular formula is C5H9O2S-. The third kappa shape index (κ3) is 0.801. The van der Waals surface area contributed by atoms with Crippen molar-refractivity contribution in [3.8, 4) is 0 Å². The van der Waals surface area contributed by atoms with E-state index in [9.17, 15) is 8.76 Å². The molecule has 0 saturated heterocycles. The quantitative estimate of drug-likeness (QED) is 0.496. The van der Waals surface area contributed by atoms with E-state index in [1.165, 1.54) is 0 Å². The second kappa shape index (κ2) is 1.81. The highest BCUT2D eigenvalue weighted by Crippen LogP contribution is 2.35. The van der Waals surface area contributed by atoms with Crippen molar-refractivity contribution in [1.82, 2.24) is 0 Å². The molecule has 0 aromatic rings. The van der Waals surface area contributed by atoms with Crippen molar-refractivity contribution in [3.05, 3.63) is 0 Å². The summed E-state index contributed by atoms with van der Waals surface area (Å²) in [6.07, 6.45) is 2.77. The van der Waals surface area contributed by atoms with E-state index in [2.05, 4.69) is 0 Å². The van der Waals surface area contributed by atoms with Gasteiger partial charge in [0.25, 0.3) is 0 Å². The maximum atomic E-state index is 10.3. The van der Waals surface area contributed by atoms with Crippen LogP contribution in [0.4, 0.5) is 0 Å². The Hall–Kier alpha value is 0.110. The van der Waals surface area contributed by atoms with Gasteiger partial charge in [0.15, 0.2) is 0 Å². The van der Waals surface area contributed by atoms with E-state index in [1.807, 2.05) is 0 Å². The van der Waals surface area contributed by atoms with E-state index in [1.54, 1.807) is 6.92 Å². The molecular weight excluding hydrogens is 124 g/mol. The van der Waals surface area contributed by atoms with Gasteiger partial charge in [0.2, 0.25) is 0 Å². The van der Waals surface area contributed by atoms with Crippen LogP contribution < -0.4 is 0 Å². The van der Waals surface area contributed by atoms with Crippen LogP contribution in [0.5, 0.6) is 0 Å². The van der Waals surface area contributed by atoms with Gasteiger partial charge in [-0.3, -0.25) is 4.21 Å². The van der Waals surface area contributed by atoms with Crippen LogP contribution in [0.1, 0.15) is 26.2 Å². The van der Waals surface area contributed by atoms with Crippen molar-refractivity contribution >= 4 is 11.1 Å². The molecule has 0 radical (unpaired) electrons. The van der Waals surface area contributed by atoms with Gasteiger partial charge in [-0.1, -0.05) is 6.42 Å². The van der Waals surface area contributed by atoms with Gasteiger partial charge in [-0.25, -0.2) is 0 Å². The molecule has 1 aliphatic carbocycles. The molecule has 48 valence electrons. The minimum atomic E-state index is -1.84. The molecule has 2 nitrogen and oxygen atoms in total. The van der Waals surface area contributed by atoms with E-state index in [0.717, 1.165) is 19.3 Å². The Kier molecular flexibility index (Phi) is 1.41. The molecule has 1 fully saturated rings. The Morgan fingerprint density at radius 2 is 2.12 bits per heavy atom.